The summed E-state index contributed by atoms with van der Waals surface area (Å²) in [5, 5.41) is 12.1. The molecule has 0 amide bonds. The number of nitrogens with zero attached hydrogens (tertiary/aromatic N) is 1. The highest BCUT2D eigenvalue weighted by Gasteiger charge is 2.20. The smallest absolute Gasteiger partial charge is 0.0781 e. The fourth-order valence-corrected chi connectivity index (χ4v) is 8.27. The largest absolute Gasteiger partial charge is 0.198 e. The SMILES string of the molecule is N#CCp1pc(-c2ccccc2)c(-c2ccccc2)c1-c1ccccc1. The number of hydrogen-bond donors (Lipinski definition) is 0. The molecule has 1 heterocycles. The summed E-state index contributed by atoms with van der Waals surface area (Å²) < 4.78 is 0. The maximum atomic E-state index is 9.43. The third-order valence-corrected chi connectivity index (χ3v) is 9.04. The zero-order chi connectivity index (χ0) is 17.8. The van der Waals surface area contributed by atoms with Crippen LogP contribution in [0.3, 0.4) is 0 Å². The van der Waals surface area contributed by atoms with Crippen LogP contribution in [0.1, 0.15) is 0 Å². The van der Waals surface area contributed by atoms with Crippen molar-refractivity contribution in [1.82, 2.24) is 0 Å². The van der Waals surface area contributed by atoms with E-state index in [1.165, 1.54) is 40.7 Å². The predicted molar refractivity (Wildman–Crippen MR) is 114 cm³/mol. The minimum Gasteiger partial charge on any atom is -0.198 e. The summed E-state index contributed by atoms with van der Waals surface area (Å²) in [5.41, 5.74) is 5.04. The molecule has 1 aromatic heterocycles. The average Bonchev–Trinajstić information content (AvgIpc) is 3.09. The lowest BCUT2D eigenvalue weighted by atomic mass is 9.98. The van der Waals surface area contributed by atoms with Crippen LogP contribution in [0.25, 0.3) is 32.8 Å². The molecule has 0 aliphatic carbocycles. The molecule has 1 nitrogen and oxygen atoms in total. The molecule has 0 N–H and O–H groups in total. The second-order valence-corrected chi connectivity index (χ2v) is 10.2. The third kappa shape index (κ3) is 3.23. The third-order valence-electron chi connectivity index (χ3n) is 4.33. The normalized spacial score (nSPS) is 11.4. The van der Waals surface area contributed by atoms with Crippen molar-refractivity contribution in [2.45, 2.75) is 6.16 Å². The zero-order valence-corrected chi connectivity index (χ0v) is 16.0. The van der Waals surface area contributed by atoms with Crippen molar-refractivity contribution in [3.8, 4) is 38.9 Å². The fourth-order valence-electron chi connectivity index (χ4n) is 3.21. The Balaban J connectivity index is 2.06. The van der Waals surface area contributed by atoms with E-state index in [2.05, 4.69) is 91.0 Å². The topological polar surface area (TPSA) is 23.8 Å². The molecule has 1 atom stereocenters. The highest BCUT2D eigenvalue weighted by molar-refractivity contribution is 8.03. The summed E-state index contributed by atoms with van der Waals surface area (Å²) in [6.07, 6.45) is 0.591. The first-order valence-electron chi connectivity index (χ1n) is 8.52. The van der Waals surface area contributed by atoms with E-state index in [0.717, 1.165) is 0 Å². The lowest BCUT2D eigenvalue weighted by molar-refractivity contribution is 1.45. The highest BCUT2D eigenvalue weighted by atomic mass is 31.9. The molecule has 0 aliphatic rings. The number of nitriles is 1. The van der Waals surface area contributed by atoms with Gasteiger partial charge in [-0.2, -0.15) is 5.26 Å². The first-order chi connectivity index (χ1) is 12.9. The molecule has 1 unspecified atom stereocenters. The first-order valence-corrected chi connectivity index (χ1v) is 11.6. The molecule has 0 spiro atoms. The molecule has 0 bridgehead atoms. The van der Waals surface area contributed by atoms with Gasteiger partial charge in [-0.25, -0.2) is 0 Å². The van der Waals surface area contributed by atoms with Gasteiger partial charge in [0.25, 0.3) is 0 Å². The summed E-state index contributed by atoms with van der Waals surface area (Å²) in [5.74, 6) is 0. The molecule has 3 aromatic carbocycles. The molecular weight excluding hydrogens is 352 g/mol. The summed E-state index contributed by atoms with van der Waals surface area (Å²) in [6.45, 7) is 0. The van der Waals surface area contributed by atoms with E-state index in [1.54, 1.807) is 0 Å². The molecule has 0 saturated heterocycles. The standard InChI is InChI=1S/C23H17NP2/c24-16-17-26-23(20-14-8-3-9-15-20)21(18-10-4-1-5-11-18)22(25-26)19-12-6-2-7-13-19/h1-15H,17H2. The van der Waals surface area contributed by atoms with Crippen molar-refractivity contribution in [1.29, 1.82) is 5.26 Å². The van der Waals surface area contributed by atoms with Crippen molar-refractivity contribution in [2.24, 2.45) is 0 Å². The van der Waals surface area contributed by atoms with Gasteiger partial charge in [-0.3, -0.25) is 0 Å². The van der Waals surface area contributed by atoms with Gasteiger partial charge in [0.05, 0.1) is 12.2 Å². The molecule has 3 heteroatoms. The van der Waals surface area contributed by atoms with Crippen LogP contribution in [0.2, 0.25) is 0 Å². The lowest BCUT2D eigenvalue weighted by Crippen LogP contribution is -1.83. The van der Waals surface area contributed by atoms with Crippen molar-refractivity contribution < 1.29 is 0 Å². The van der Waals surface area contributed by atoms with E-state index in [9.17, 15) is 5.26 Å². The Kier molecular flexibility index (Phi) is 4.99. The Labute approximate surface area is 156 Å². The molecule has 4 aromatic rings. The van der Waals surface area contributed by atoms with Gasteiger partial charge < -0.3 is 0 Å². The quantitative estimate of drug-likeness (QED) is 0.360. The van der Waals surface area contributed by atoms with Crippen molar-refractivity contribution >= 4 is 15.1 Å². The Morgan fingerprint density at radius 2 is 1.19 bits per heavy atom. The van der Waals surface area contributed by atoms with E-state index >= 15 is 0 Å². The van der Waals surface area contributed by atoms with Crippen LogP contribution in [-0.2, 0) is 6.16 Å². The van der Waals surface area contributed by atoms with Crippen LogP contribution in [0.5, 0.6) is 0 Å². The van der Waals surface area contributed by atoms with Gasteiger partial charge in [-0.1, -0.05) is 98.2 Å². The van der Waals surface area contributed by atoms with Crippen molar-refractivity contribution in [3.63, 3.8) is 0 Å². The van der Waals surface area contributed by atoms with Gasteiger partial charge in [0.2, 0.25) is 0 Å². The Bertz CT molecular complexity index is 1050. The number of benzene rings is 3. The molecule has 0 aliphatic heterocycles. The van der Waals surface area contributed by atoms with E-state index in [4.69, 9.17) is 0 Å². The van der Waals surface area contributed by atoms with Crippen molar-refractivity contribution in [2.75, 3.05) is 0 Å². The molecular formula is C23H17NP2. The van der Waals surface area contributed by atoms with Crippen LogP contribution in [0.4, 0.5) is 0 Å². The zero-order valence-electron chi connectivity index (χ0n) is 14.2. The Hall–Kier alpha value is -2.64. The van der Waals surface area contributed by atoms with E-state index in [-0.39, 0.29) is 0 Å². The maximum absolute atomic E-state index is 9.43. The fraction of sp³-hybridized carbons (Fsp3) is 0.0435. The second kappa shape index (κ2) is 7.72. The molecule has 0 radical (unpaired) electrons. The van der Waals surface area contributed by atoms with Gasteiger partial charge in [0, 0.05) is 16.2 Å². The van der Waals surface area contributed by atoms with E-state index in [0.29, 0.717) is 6.16 Å². The summed E-state index contributed by atoms with van der Waals surface area (Å²) in [6, 6.07) is 34.2. The number of rotatable bonds is 4. The maximum Gasteiger partial charge on any atom is 0.0781 e. The van der Waals surface area contributed by atoms with Gasteiger partial charge in [0.1, 0.15) is 0 Å². The Morgan fingerprint density at radius 3 is 1.73 bits per heavy atom. The van der Waals surface area contributed by atoms with Gasteiger partial charge >= 0.3 is 0 Å². The minimum atomic E-state index is -0.557. The van der Waals surface area contributed by atoms with E-state index in [1.807, 2.05) is 6.07 Å². The highest BCUT2D eigenvalue weighted by Crippen LogP contribution is 2.62. The van der Waals surface area contributed by atoms with Crippen LogP contribution < -0.4 is 0 Å². The van der Waals surface area contributed by atoms with Gasteiger partial charge in [-0.05, 0) is 24.6 Å². The lowest BCUT2D eigenvalue weighted by Gasteiger charge is -2.10. The minimum absolute atomic E-state index is 0.557. The van der Waals surface area contributed by atoms with Gasteiger partial charge in [0.15, 0.2) is 0 Å². The van der Waals surface area contributed by atoms with Gasteiger partial charge in [-0.15, -0.1) is 0 Å². The first kappa shape index (κ1) is 16.8. The second-order valence-electron chi connectivity index (χ2n) is 5.99. The van der Waals surface area contributed by atoms with Crippen LogP contribution in [0.15, 0.2) is 91.0 Å². The summed E-state index contributed by atoms with van der Waals surface area (Å²) in [7, 11) is 0.718. The summed E-state index contributed by atoms with van der Waals surface area (Å²) in [4.78, 5) is 0. The molecule has 0 fully saturated rings. The summed E-state index contributed by atoms with van der Waals surface area (Å²) >= 11 is 0. The van der Waals surface area contributed by atoms with Crippen LogP contribution >= 0.6 is 15.1 Å². The molecule has 0 saturated carbocycles. The monoisotopic (exact) mass is 369 g/mol. The van der Waals surface area contributed by atoms with Crippen molar-refractivity contribution in [3.05, 3.63) is 91.0 Å². The molecule has 4 rings (SSSR count). The van der Waals surface area contributed by atoms with Crippen LogP contribution in [0, 0.1) is 11.3 Å². The average molecular weight is 369 g/mol. The molecule has 26 heavy (non-hydrogen) atoms. The molecule has 124 valence electrons. The Morgan fingerprint density at radius 1 is 0.692 bits per heavy atom. The van der Waals surface area contributed by atoms with E-state index < -0.39 is 7.21 Å². The van der Waals surface area contributed by atoms with Crippen LogP contribution in [-0.4, -0.2) is 0 Å². The number of hydrogen-bond acceptors (Lipinski definition) is 1. The predicted octanol–water partition coefficient (Wildman–Crippen LogP) is 7.78.